The van der Waals surface area contributed by atoms with Crippen LogP contribution in [0.1, 0.15) is 18.4 Å². The first kappa shape index (κ1) is 11.7. The van der Waals surface area contributed by atoms with Gasteiger partial charge in [0.2, 0.25) is 5.91 Å². The number of amides is 1. The molecule has 1 aromatic carbocycles. The molecule has 0 saturated heterocycles. The van der Waals surface area contributed by atoms with Crippen molar-refractivity contribution in [3.05, 3.63) is 42.5 Å². The maximum absolute atomic E-state index is 11.8. The number of hydrogen-bond acceptors (Lipinski definition) is 2. The van der Waals surface area contributed by atoms with Crippen LogP contribution >= 0.6 is 0 Å². The van der Waals surface area contributed by atoms with E-state index in [0.717, 1.165) is 24.2 Å². The number of methoxy groups -OCH3 is 1. The van der Waals surface area contributed by atoms with Crippen LogP contribution in [-0.4, -0.2) is 24.0 Å². The zero-order chi connectivity index (χ0) is 12.3. The highest BCUT2D eigenvalue weighted by molar-refractivity contribution is 5.87. The summed E-state index contributed by atoms with van der Waals surface area (Å²) in [7, 11) is 1.65. The van der Waals surface area contributed by atoms with Crippen molar-refractivity contribution >= 4 is 5.91 Å². The quantitative estimate of drug-likeness (QED) is 0.728. The number of para-hydroxylation sites is 1. The third kappa shape index (κ3) is 2.67. The summed E-state index contributed by atoms with van der Waals surface area (Å²) in [4.78, 5) is 13.6. The smallest absolute Gasteiger partial charge is 0.246 e. The summed E-state index contributed by atoms with van der Waals surface area (Å²) in [6.07, 6.45) is 3.57. The van der Waals surface area contributed by atoms with Crippen molar-refractivity contribution in [2.45, 2.75) is 25.4 Å². The maximum Gasteiger partial charge on any atom is 0.246 e. The molecule has 1 amide bonds. The van der Waals surface area contributed by atoms with Crippen molar-refractivity contribution in [2.24, 2.45) is 0 Å². The second-order valence-corrected chi connectivity index (χ2v) is 4.21. The topological polar surface area (TPSA) is 29.5 Å². The number of rotatable bonds is 5. The Morgan fingerprint density at radius 3 is 2.82 bits per heavy atom. The van der Waals surface area contributed by atoms with Gasteiger partial charge >= 0.3 is 0 Å². The van der Waals surface area contributed by atoms with Gasteiger partial charge in [-0.25, -0.2) is 0 Å². The molecule has 0 atom stereocenters. The van der Waals surface area contributed by atoms with Crippen LogP contribution < -0.4 is 4.74 Å². The van der Waals surface area contributed by atoms with Gasteiger partial charge in [0.15, 0.2) is 0 Å². The van der Waals surface area contributed by atoms with Gasteiger partial charge in [-0.3, -0.25) is 4.79 Å². The van der Waals surface area contributed by atoms with Crippen LogP contribution in [0.3, 0.4) is 0 Å². The van der Waals surface area contributed by atoms with E-state index in [4.69, 9.17) is 4.74 Å². The molecule has 1 aliphatic rings. The monoisotopic (exact) mass is 231 g/mol. The number of benzene rings is 1. The molecule has 0 aromatic heterocycles. The molecule has 2 rings (SSSR count). The van der Waals surface area contributed by atoms with Crippen LogP contribution in [0.25, 0.3) is 0 Å². The Morgan fingerprint density at radius 1 is 1.53 bits per heavy atom. The Bertz CT molecular complexity index is 424. The molecular formula is C14H17NO2. The van der Waals surface area contributed by atoms with Gasteiger partial charge in [0, 0.05) is 18.2 Å². The summed E-state index contributed by atoms with van der Waals surface area (Å²) in [5.41, 5.74) is 1.04. The molecule has 90 valence electrons. The lowest BCUT2D eigenvalue weighted by Crippen LogP contribution is -2.31. The van der Waals surface area contributed by atoms with Crippen molar-refractivity contribution in [1.29, 1.82) is 0 Å². The zero-order valence-corrected chi connectivity index (χ0v) is 10.1. The Hall–Kier alpha value is -1.77. The third-order valence-electron chi connectivity index (χ3n) is 2.98. The van der Waals surface area contributed by atoms with Crippen LogP contribution in [0, 0.1) is 0 Å². The second kappa shape index (κ2) is 5.04. The molecule has 3 heteroatoms. The van der Waals surface area contributed by atoms with Gasteiger partial charge in [-0.2, -0.15) is 0 Å². The highest BCUT2D eigenvalue weighted by Crippen LogP contribution is 2.30. The van der Waals surface area contributed by atoms with Crippen LogP contribution in [-0.2, 0) is 11.3 Å². The highest BCUT2D eigenvalue weighted by atomic mass is 16.5. The summed E-state index contributed by atoms with van der Waals surface area (Å²) in [5.74, 6) is 0.827. The molecule has 0 heterocycles. The molecule has 3 nitrogen and oxygen atoms in total. The lowest BCUT2D eigenvalue weighted by molar-refractivity contribution is -0.127. The molecule has 1 aromatic rings. The number of ether oxygens (including phenoxy) is 1. The fourth-order valence-corrected chi connectivity index (χ4v) is 1.91. The van der Waals surface area contributed by atoms with Crippen molar-refractivity contribution in [2.75, 3.05) is 7.11 Å². The minimum Gasteiger partial charge on any atom is -0.496 e. The molecule has 1 fully saturated rings. The van der Waals surface area contributed by atoms with E-state index in [1.54, 1.807) is 7.11 Å². The third-order valence-corrected chi connectivity index (χ3v) is 2.98. The van der Waals surface area contributed by atoms with Crippen LogP contribution in [0.4, 0.5) is 0 Å². The van der Waals surface area contributed by atoms with Crippen molar-refractivity contribution in [3.63, 3.8) is 0 Å². The van der Waals surface area contributed by atoms with Gasteiger partial charge < -0.3 is 9.64 Å². The molecular weight excluding hydrogens is 214 g/mol. The standard InChI is InChI=1S/C14H17NO2/c1-3-14(16)15(12-8-9-12)10-11-6-4-5-7-13(11)17-2/h3-7,12H,1,8-10H2,2H3. The minimum absolute atomic E-state index is 0.00148. The van der Waals surface area contributed by atoms with E-state index in [2.05, 4.69) is 6.58 Å². The van der Waals surface area contributed by atoms with Crippen molar-refractivity contribution in [1.82, 2.24) is 4.90 Å². The number of nitrogens with zero attached hydrogens (tertiary/aromatic N) is 1. The first-order chi connectivity index (χ1) is 8.26. The van der Waals surface area contributed by atoms with Gasteiger partial charge in [0.05, 0.1) is 7.11 Å². The predicted molar refractivity (Wildman–Crippen MR) is 66.8 cm³/mol. The molecule has 1 aliphatic carbocycles. The first-order valence-electron chi connectivity index (χ1n) is 5.81. The van der Waals surface area contributed by atoms with Crippen molar-refractivity contribution < 1.29 is 9.53 Å². The average Bonchev–Trinajstić information content (AvgIpc) is 3.19. The van der Waals surface area contributed by atoms with Gasteiger partial charge in [-0.15, -0.1) is 0 Å². The van der Waals surface area contributed by atoms with E-state index < -0.39 is 0 Å². The summed E-state index contributed by atoms with van der Waals surface area (Å²) in [5, 5.41) is 0. The van der Waals surface area contributed by atoms with E-state index in [-0.39, 0.29) is 5.91 Å². The van der Waals surface area contributed by atoms with Gasteiger partial charge in [-0.05, 0) is 25.0 Å². The Kier molecular flexibility index (Phi) is 3.47. The van der Waals surface area contributed by atoms with E-state index in [1.165, 1.54) is 6.08 Å². The number of carbonyl (C=O) groups excluding carboxylic acids is 1. The van der Waals surface area contributed by atoms with Crippen LogP contribution in [0.2, 0.25) is 0 Å². The summed E-state index contributed by atoms with van der Waals surface area (Å²) in [6, 6.07) is 8.18. The van der Waals surface area contributed by atoms with Gasteiger partial charge in [-0.1, -0.05) is 24.8 Å². The molecule has 0 N–H and O–H groups in total. The Balaban J connectivity index is 2.16. The SMILES string of the molecule is C=CC(=O)N(Cc1ccccc1OC)C1CC1. The fraction of sp³-hybridized carbons (Fsp3) is 0.357. The molecule has 17 heavy (non-hydrogen) atoms. The summed E-state index contributed by atoms with van der Waals surface area (Å²) >= 11 is 0. The Morgan fingerprint density at radius 2 is 2.24 bits per heavy atom. The molecule has 0 aliphatic heterocycles. The van der Waals surface area contributed by atoms with Crippen LogP contribution in [0.15, 0.2) is 36.9 Å². The molecule has 1 saturated carbocycles. The van der Waals surface area contributed by atoms with Gasteiger partial charge in [0.1, 0.15) is 5.75 Å². The van der Waals surface area contributed by atoms with E-state index in [0.29, 0.717) is 12.6 Å². The molecule has 0 bridgehead atoms. The number of hydrogen-bond donors (Lipinski definition) is 0. The highest BCUT2D eigenvalue weighted by Gasteiger charge is 2.31. The zero-order valence-electron chi connectivity index (χ0n) is 10.1. The summed E-state index contributed by atoms with van der Waals surface area (Å²) < 4.78 is 5.30. The predicted octanol–water partition coefficient (Wildman–Crippen LogP) is 2.37. The fourth-order valence-electron chi connectivity index (χ4n) is 1.91. The van der Waals surface area contributed by atoms with Crippen LogP contribution in [0.5, 0.6) is 5.75 Å². The average molecular weight is 231 g/mol. The lowest BCUT2D eigenvalue weighted by Gasteiger charge is -2.21. The normalized spacial score (nSPS) is 14.2. The largest absolute Gasteiger partial charge is 0.496 e. The summed E-state index contributed by atoms with van der Waals surface area (Å²) in [6.45, 7) is 4.15. The first-order valence-corrected chi connectivity index (χ1v) is 5.81. The van der Waals surface area contributed by atoms with E-state index >= 15 is 0 Å². The maximum atomic E-state index is 11.8. The minimum atomic E-state index is -0.00148. The lowest BCUT2D eigenvalue weighted by atomic mass is 10.2. The molecule has 0 unspecified atom stereocenters. The Labute approximate surface area is 102 Å². The number of carbonyl (C=O) groups is 1. The van der Waals surface area contributed by atoms with E-state index in [1.807, 2.05) is 29.2 Å². The second-order valence-electron chi connectivity index (χ2n) is 4.21. The molecule has 0 spiro atoms. The molecule has 0 radical (unpaired) electrons. The van der Waals surface area contributed by atoms with E-state index in [9.17, 15) is 4.79 Å². The van der Waals surface area contributed by atoms with Crippen molar-refractivity contribution in [3.8, 4) is 5.75 Å². The van der Waals surface area contributed by atoms with Gasteiger partial charge in [0.25, 0.3) is 0 Å².